The molecule has 1 aliphatic heterocycles. The average molecular weight is 447 g/mol. The number of aryl methyl sites for hydroxylation is 1. The van der Waals surface area contributed by atoms with Crippen molar-refractivity contribution in [2.24, 2.45) is 5.92 Å². The number of rotatable bonds is 7. The number of carbonyl (C=O) groups excluding carboxylic acids is 1. The van der Waals surface area contributed by atoms with E-state index < -0.39 is 16.0 Å². The number of carbonyl (C=O) groups is 2. The Balaban J connectivity index is 1.87. The molecule has 1 atom stereocenters. The van der Waals surface area contributed by atoms with Gasteiger partial charge >= 0.3 is 11.9 Å². The summed E-state index contributed by atoms with van der Waals surface area (Å²) in [5, 5.41) is 9.74. The summed E-state index contributed by atoms with van der Waals surface area (Å²) in [5.74, 6) is -1.79. The molecule has 0 bridgehead atoms. The Morgan fingerprint density at radius 2 is 1.97 bits per heavy atom. The van der Waals surface area contributed by atoms with Crippen molar-refractivity contribution >= 4 is 33.3 Å². The number of nitrogens with one attached hydrogen (secondary N) is 1. The Hall–Kier alpha value is -3.07. The molecule has 1 fully saturated rings. The molecule has 8 nitrogen and oxygen atoms in total. The molecule has 0 spiro atoms. The number of sulfonamides is 1. The maximum Gasteiger partial charge on any atom is 0.337 e. The lowest BCUT2D eigenvalue weighted by Gasteiger charge is -2.34. The van der Waals surface area contributed by atoms with Gasteiger partial charge in [0.25, 0.3) is 10.0 Å². The van der Waals surface area contributed by atoms with Gasteiger partial charge in [-0.25, -0.2) is 13.2 Å². The SMILES string of the molecule is CCOC(=O)[C@@H]1CCCN(c2ccc(NS(=O)(=O)c3ccccc3C)cc2C(=O)O)C1. The van der Waals surface area contributed by atoms with Crippen molar-refractivity contribution in [2.45, 2.75) is 31.6 Å². The van der Waals surface area contributed by atoms with Gasteiger partial charge in [-0.05, 0) is 56.5 Å². The fraction of sp³-hybridized carbons (Fsp3) is 0.364. The summed E-state index contributed by atoms with van der Waals surface area (Å²) in [6.45, 7) is 4.69. The van der Waals surface area contributed by atoms with Crippen LogP contribution in [-0.2, 0) is 19.6 Å². The number of hydrogen-bond donors (Lipinski definition) is 2. The van der Waals surface area contributed by atoms with Gasteiger partial charge in [-0.15, -0.1) is 0 Å². The molecule has 9 heteroatoms. The summed E-state index contributed by atoms with van der Waals surface area (Å²) in [6, 6.07) is 11.0. The number of aromatic carboxylic acids is 1. The Bertz CT molecular complexity index is 1080. The van der Waals surface area contributed by atoms with Crippen molar-refractivity contribution in [3.8, 4) is 0 Å². The number of benzene rings is 2. The van der Waals surface area contributed by atoms with Gasteiger partial charge in [-0.2, -0.15) is 0 Å². The Kier molecular flexibility index (Phi) is 6.84. The number of carboxylic acid groups (broad SMARTS) is 1. The number of hydrogen-bond acceptors (Lipinski definition) is 6. The molecule has 31 heavy (non-hydrogen) atoms. The van der Waals surface area contributed by atoms with Crippen LogP contribution in [0.4, 0.5) is 11.4 Å². The highest BCUT2D eigenvalue weighted by molar-refractivity contribution is 7.92. The van der Waals surface area contributed by atoms with Gasteiger partial charge in [0.2, 0.25) is 0 Å². The molecule has 0 aromatic heterocycles. The van der Waals surface area contributed by atoms with Crippen LogP contribution in [0.3, 0.4) is 0 Å². The van der Waals surface area contributed by atoms with E-state index in [1.807, 2.05) is 4.90 Å². The quantitative estimate of drug-likeness (QED) is 0.628. The van der Waals surface area contributed by atoms with Crippen LogP contribution in [-0.4, -0.2) is 45.2 Å². The highest BCUT2D eigenvalue weighted by Crippen LogP contribution is 2.30. The van der Waals surface area contributed by atoms with Crippen molar-refractivity contribution in [3.05, 3.63) is 53.6 Å². The molecule has 0 amide bonds. The first-order chi connectivity index (χ1) is 14.7. The zero-order valence-corrected chi connectivity index (χ0v) is 18.3. The number of piperidine rings is 1. The Morgan fingerprint density at radius 3 is 2.65 bits per heavy atom. The zero-order valence-electron chi connectivity index (χ0n) is 17.5. The fourth-order valence-corrected chi connectivity index (χ4v) is 5.06. The zero-order chi connectivity index (χ0) is 22.6. The maximum atomic E-state index is 12.7. The number of ether oxygens (including phenoxy) is 1. The van der Waals surface area contributed by atoms with Crippen LogP contribution in [0.15, 0.2) is 47.4 Å². The minimum atomic E-state index is -3.87. The lowest BCUT2D eigenvalue weighted by molar-refractivity contribution is -0.148. The van der Waals surface area contributed by atoms with Gasteiger partial charge in [0.05, 0.1) is 28.7 Å². The van der Waals surface area contributed by atoms with Gasteiger partial charge in [0.15, 0.2) is 0 Å². The molecule has 1 heterocycles. The number of esters is 1. The predicted molar refractivity (Wildman–Crippen MR) is 117 cm³/mol. The Morgan fingerprint density at radius 1 is 1.23 bits per heavy atom. The van der Waals surface area contributed by atoms with Crippen LogP contribution in [0.5, 0.6) is 0 Å². The van der Waals surface area contributed by atoms with Gasteiger partial charge < -0.3 is 14.7 Å². The number of nitrogens with zero attached hydrogens (tertiary/aromatic N) is 1. The van der Waals surface area contributed by atoms with E-state index in [0.29, 0.717) is 37.4 Å². The molecule has 0 radical (unpaired) electrons. The minimum absolute atomic E-state index is 0.0329. The second-order valence-electron chi connectivity index (χ2n) is 7.45. The third-order valence-corrected chi connectivity index (χ3v) is 6.79. The smallest absolute Gasteiger partial charge is 0.337 e. The maximum absolute atomic E-state index is 12.7. The van der Waals surface area contributed by atoms with E-state index in [2.05, 4.69) is 4.72 Å². The second-order valence-corrected chi connectivity index (χ2v) is 9.10. The van der Waals surface area contributed by atoms with Crippen molar-refractivity contribution < 1.29 is 27.9 Å². The molecule has 1 saturated heterocycles. The van der Waals surface area contributed by atoms with E-state index in [1.165, 1.54) is 18.2 Å². The second kappa shape index (κ2) is 9.38. The first-order valence-electron chi connectivity index (χ1n) is 10.1. The molecule has 0 saturated carbocycles. The molecule has 1 aliphatic rings. The van der Waals surface area contributed by atoms with E-state index in [4.69, 9.17) is 4.74 Å². The van der Waals surface area contributed by atoms with Gasteiger partial charge in [0, 0.05) is 18.8 Å². The largest absolute Gasteiger partial charge is 0.478 e. The third kappa shape index (κ3) is 5.16. The van der Waals surface area contributed by atoms with Crippen molar-refractivity contribution in [2.75, 3.05) is 29.3 Å². The molecular weight excluding hydrogens is 420 g/mol. The predicted octanol–water partition coefficient (Wildman–Crippen LogP) is 3.27. The summed E-state index contributed by atoms with van der Waals surface area (Å²) in [4.78, 5) is 26.0. The number of carboxylic acids is 1. The summed E-state index contributed by atoms with van der Waals surface area (Å²) in [5.41, 5.74) is 1.15. The monoisotopic (exact) mass is 446 g/mol. The standard InChI is InChI=1S/C22H26N2O6S/c1-3-30-22(27)16-8-6-12-24(14-16)19-11-10-17(13-18(19)21(25)26)23-31(28,29)20-9-5-4-7-15(20)2/h4-5,7,9-11,13,16,23H,3,6,8,12,14H2,1-2H3,(H,25,26)/t16-/m1/s1. The average Bonchev–Trinajstić information content (AvgIpc) is 2.74. The van der Waals surface area contributed by atoms with Crippen LogP contribution in [0.1, 0.15) is 35.7 Å². The molecule has 2 N–H and O–H groups in total. The first kappa shape index (κ1) is 22.6. The normalized spacial score (nSPS) is 16.6. The summed E-state index contributed by atoms with van der Waals surface area (Å²) < 4.78 is 33.1. The van der Waals surface area contributed by atoms with Crippen LogP contribution in [0.25, 0.3) is 0 Å². The third-order valence-electron chi connectivity index (χ3n) is 5.24. The van der Waals surface area contributed by atoms with E-state index >= 15 is 0 Å². The van der Waals surface area contributed by atoms with Crippen LogP contribution in [0.2, 0.25) is 0 Å². The van der Waals surface area contributed by atoms with E-state index in [1.54, 1.807) is 38.1 Å². The highest BCUT2D eigenvalue weighted by atomic mass is 32.2. The molecular formula is C22H26N2O6S. The lowest BCUT2D eigenvalue weighted by atomic mass is 9.97. The van der Waals surface area contributed by atoms with Crippen LogP contribution in [0, 0.1) is 12.8 Å². The molecule has 166 valence electrons. The topological polar surface area (TPSA) is 113 Å². The van der Waals surface area contributed by atoms with Gasteiger partial charge in [-0.1, -0.05) is 18.2 Å². The Labute approximate surface area is 181 Å². The van der Waals surface area contributed by atoms with Gasteiger partial charge in [-0.3, -0.25) is 9.52 Å². The molecule has 2 aromatic carbocycles. The molecule has 0 unspecified atom stereocenters. The molecule has 0 aliphatic carbocycles. The fourth-order valence-electron chi connectivity index (χ4n) is 3.76. The lowest BCUT2D eigenvalue weighted by Crippen LogP contribution is -2.40. The van der Waals surface area contributed by atoms with E-state index in [0.717, 1.165) is 6.42 Å². The van der Waals surface area contributed by atoms with E-state index in [9.17, 15) is 23.1 Å². The first-order valence-corrected chi connectivity index (χ1v) is 11.6. The van der Waals surface area contributed by atoms with Crippen molar-refractivity contribution in [1.82, 2.24) is 0 Å². The van der Waals surface area contributed by atoms with Crippen LogP contribution < -0.4 is 9.62 Å². The molecule has 3 rings (SSSR count). The van der Waals surface area contributed by atoms with Gasteiger partial charge in [0.1, 0.15) is 0 Å². The summed E-state index contributed by atoms with van der Waals surface area (Å²) in [6.07, 6.45) is 1.41. The minimum Gasteiger partial charge on any atom is -0.478 e. The summed E-state index contributed by atoms with van der Waals surface area (Å²) in [7, 11) is -3.87. The molecule has 2 aromatic rings. The van der Waals surface area contributed by atoms with E-state index in [-0.39, 0.29) is 28.0 Å². The highest BCUT2D eigenvalue weighted by Gasteiger charge is 2.29. The van der Waals surface area contributed by atoms with Crippen molar-refractivity contribution in [1.29, 1.82) is 0 Å². The number of anilines is 2. The van der Waals surface area contributed by atoms with Crippen molar-refractivity contribution in [3.63, 3.8) is 0 Å². The summed E-state index contributed by atoms with van der Waals surface area (Å²) >= 11 is 0. The van der Waals surface area contributed by atoms with Crippen LogP contribution >= 0.6 is 0 Å².